The number of carbonyl (C=O) groups excluding carboxylic acids is 2. The predicted molar refractivity (Wildman–Crippen MR) is 126 cm³/mol. The summed E-state index contributed by atoms with van der Waals surface area (Å²) in [6.07, 6.45) is 1.47. The molecule has 2 aromatic rings. The molecule has 8 heteroatoms. The molecule has 8 nitrogen and oxygen atoms in total. The average Bonchev–Trinajstić information content (AvgIpc) is 2.97. The standard InChI is InChI=1S/C25H34N4O4/c1-4-28(5-2)25(31)19-33-23-16-27(15-21-8-6-7-13-26-21)18-24(30)29(17-23)14-20-9-11-22(32-3)12-10-20/h6-13,23H,4-5,14-19H2,1-3H3/t23-/m0/s1. The van der Waals surface area contributed by atoms with Gasteiger partial charge in [-0.2, -0.15) is 0 Å². The van der Waals surface area contributed by atoms with Gasteiger partial charge in [0.25, 0.3) is 0 Å². The maximum Gasteiger partial charge on any atom is 0.248 e. The lowest BCUT2D eigenvalue weighted by molar-refractivity contribution is -0.138. The number of ether oxygens (including phenoxy) is 2. The van der Waals surface area contributed by atoms with Crippen LogP contribution in [-0.2, 0) is 27.4 Å². The van der Waals surface area contributed by atoms with E-state index in [0.29, 0.717) is 39.3 Å². The van der Waals surface area contributed by atoms with Crippen molar-refractivity contribution < 1.29 is 19.1 Å². The third kappa shape index (κ3) is 7.27. The van der Waals surface area contributed by atoms with Crippen LogP contribution in [0.4, 0.5) is 0 Å². The molecule has 0 spiro atoms. The number of pyridine rings is 1. The summed E-state index contributed by atoms with van der Waals surface area (Å²) in [5.41, 5.74) is 1.91. The van der Waals surface area contributed by atoms with Gasteiger partial charge in [0, 0.05) is 45.5 Å². The highest BCUT2D eigenvalue weighted by Crippen LogP contribution is 2.17. The van der Waals surface area contributed by atoms with Crippen LogP contribution in [0, 0.1) is 0 Å². The lowest BCUT2D eigenvalue weighted by atomic mass is 10.2. The van der Waals surface area contributed by atoms with E-state index < -0.39 is 0 Å². The molecule has 178 valence electrons. The number of nitrogens with zero attached hydrogens (tertiary/aromatic N) is 4. The van der Waals surface area contributed by atoms with Gasteiger partial charge in [0.1, 0.15) is 12.4 Å². The zero-order valence-electron chi connectivity index (χ0n) is 19.8. The Balaban J connectivity index is 1.72. The maximum atomic E-state index is 13.1. The number of hydrogen-bond donors (Lipinski definition) is 0. The summed E-state index contributed by atoms with van der Waals surface area (Å²) < 4.78 is 11.3. The number of rotatable bonds is 10. The van der Waals surface area contributed by atoms with Crippen LogP contribution in [0.2, 0.25) is 0 Å². The molecule has 33 heavy (non-hydrogen) atoms. The Bertz CT molecular complexity index is 887. The van der Waals surface area contributed by atoms with Crippen molar-refractivity contribution in [3.05, 3.63) is 59.9 Å². The first kappa shape index (κ1) is 24.7. The van der Waals surface area contributed by atoms with Crippen molar-refractivity contribution in [2.24, 2.45) is 0 Å². The van der Waals surface area contributed by atoms with E-state index in [1.54, 1.807) is 18.2 Å². The van der Waals surface area contributed by atoms with Crippen molar-refractivity contribution in [3.8, 4) is 5.75 Å². The molecular weight excluding hydrogens is 420 g/mol. The highest BCUT2D eigenvalue weighted by atomic mass is 16.5. The van der Waals surface area contributed by atoms with Gasteiger partial charge < -0.3 is 19.3 Å². The lowest BCUT2D eigenvalue weighted by Crippen LogP contribution is -2.40. The van der Waals surface area contributed by atoms with Crippen LogP contribution in [0.3, 0.4) is 0 Å². The Morgan fingerprint density at radius 3 is 2.48 bits per heavy atom. The Labute approximate surface area is 196 Å². The highest BCUT2D eigenvalue weighted by Gasteiger charge is 2.29. The number of aromatic nitrogens is 1. The second kappa shape index (κ2) is 12.3. The smallest absolute Gasteiger partial charge is 0.248 e. The fourth-order valence-electron chi connectivity index (χ4n) is 3.96. The minimum absolute atomic E-state index is 0.00827. The van der Waals surface area contributed by atoms with Crippen molar-refractivity contribution in [1.29, 1.82) is 0 Å². The minimum Gasteiger partial charge on any atom is -0.497 e. The Morgan fingerprint density at radius 2 is 1.85 bits per heavy atom. The molecule has 1 aromatic heterocycles. The zero-order valence-corrected chi connectivity index (χ0v) is 19.8. The lowest BCUT2D eigenvalue weighted by Gasteiger charge is -2.26. The largest absolute Gasteiger partial charge is 0.497 e. The summed E-state index contributed by atoms with van der Waals surface area (Å²) in [4.78, 5) is 35.6. The molecule has 1 atom stereocenters. The van der Waals surface area contributed by atoms with Crippen LogP contribution in [0.1, 0.15) is 25.1 Å². The number of amides is 2. The predicted octanol–water partition coefficient (Wildman–Crippen LogP) is 2.19. The van der Waals surface area contributed by atoms with Crippen molar-refractivity contribution in [1.82, 2.24) is 19.7 Å². The number of likely N-dealkylation sites (N-methyl/N-ethyl adjacent to an activating group) is 1. The van der Waals surface area contributed by atoms with Crippen molar-refractivity contribution in [2.75, 3.05) is 46.4 Å². The second-order valence-electron chi connectivity index (χ2n) is 8.11. The Morgan fingerprint density at radius 1 is 1.09 bits per heavy atom. The molecule has 2 amide bonds. The van der Waals surface area contributed by atoms with Gasteiger partial charge in [-0.3, -0.25) is 19.5 Å². The summed E-state index contributed by atoms with van der Waals surface area (Å²) >= 11 is 0. The Kier molecular flexibility index (Phi) is 9.21. The molecule has 0 aliphatic carbocycles. The summed E-state index contributed by atoms with van der Waals surface area (Å²) in [6, 6.07) is 13.5. The molecule has 0 N–H and O–H groups in total. The van der Waals surface area contributed by atoms with E-state index in [0.717, 1.165) is 17.0 Å². The summed E-state index contributed by atoms with van der Waals surface area (Å²) in [6.45, 7) is 7.49. The van der Waals surface area contributed by atoms with Crippen molar-refractivity contribution in [3.63, 3.8) is 0 Å². The number of hydrogen-bond acceptors (Lipinski definition) is 6. The van der Waals surface area contributed by atoms with Gasteiger partial charge in [0.2, 0.25) is 11.8 Å². The van der Waals surface area contributed by atoms with E-state index in [9.17, 15) is 9.59 Å². The van der Waals surface area contributed by atoms with Crippen LogP contribution >= 0.6 is 0 Å². The molecule has 0 bridgehead atoms. The first-order valence-electron chi connectivity index (χ1n) is 11.4. The van der Waals surface area contributed by atoms with E-state index in [4.69, 9.17) is 9.47 Å². The summed E-state index contributed by atoms with van der Waals surface area (Å²) in [5, 5.41) is 0. The summed E-state index contributed by atoms with van der Waals surface area (Å²) in [7, 11) is 1.63. The van der Waals surface area contributed by atoms with Gasteiger partial charge in [-0.05, 0) is 43.7 Å². The van der Waals surface area contributed by atoms with E-state index in [-0.39, 0.29) is 31.1 Å². The molecule has 0 unspecified atom stereocenters. The normalized spacial score (nSPS) is 17.0. The monoisotopic (exact) mass is 454 g/mol. The van der Waals surface area contributed by atoms with Crippen molar-refractivity contribution in [2.45, 2.75) is 33.0 Å². The fourth-order valence-corrected chi connectivity index (χ4v) is 3.96. The van der Waals surface area contributed by atoms with Gasteiger partial charge in [0.15, 0.2) is 0 Å². The molecule has 1 aliphatic rings. The van der Waals surface area contributed by atoms with E-state index >= 15 is 0 Å². The third-order valence-electron chi connectivity index (χ3n) is 5.80. The first-order valence-corrected chi connectivity index (χ1v) is 11.4. The second-order valence-corrected chi connectivity index (χ2v) is 8.11. The van der Waals surface area contributed by atoms with Gasteiger partial charge in [-0.15, -0.1) is 0 Å². The van der Waals surface area contributed by atoms with Crippen LogP contribution in [-0.4, -0.2) is 84.0 Å². The van der Waals surface area contributed by atoms with Gasteiger partial charge in [0.05, 0.1) is 25.5 Å². The molecule has 1 aliphatic heterocycles. The molecular formula is C25H34N4O4. The van der Waals surface area contributed by atoms with Crippen LogP contribution in [0.15, 0.2) is 48.7 Å². The number of benzene rings is 1. The third-order valence-corrected chi connectivity index (χ3v) is 5.80. The van der Waals surface area contributed by atoms with Gasteiger partial charge >= 0.3 is 0 Å². The highest BCUT2D eigenvalue weighted by molar-refractivity contribution is 5.79. The molecule has 2 heterocycles. The first-order chi connectivity index (χ1) is 16.0. The van der Waals surface area contributed by atoms with Crippen LogP contribution < -0.4 is 4.74 Å². The number of carbonyl (C=O) groups is 2. The molecule has 1 saturated heterocycles. The maximum absolute atomic E-state index is 13.1. The molecule has 1 fully saturated rings. The SMILES string of the molecule is CCN(CC)C(=O)CO[C@H]1CN(Cc2ccccn2)CC(=O)N(Cc2ccc(OC)cc2)C1. The topological polar surface area (TPSA) is 75.2 Å². The Hall–Kier alpha value is -2.97. The summed E-state index contributed by atoms with van der Waals surface area (Å²) in [5.74, 6) is 0.773. The molecule has 1 aromatic carbocycles. The zero-order chi connectivity index (χ0) is 23.6. The fraction of sp³-hybridized carbons (Fsp3) is 0.480. The molecule has 0 radical (unpaired) electrons. The van der Waals surface area contributed by atoms with Crippen LogP contribution in [0.25, 0.3) is 0 Å². The van der Waals surface area contributed by atoms with E-state index in [1.165, 1.54) is 0 Å². The van der Waals surface area contributed by atoms with E-state index in [2.05, 4.69) is 4.98 Å². The number of methoxy groups -OCH3 is 1. The quantitative estimate of drug-likeness (QED) is 0.548. The van der Waals surface area contributed by atoms with Crippen molar-refractivity contribution >= 4 is 11.8 Å². The molecule has 3 rings (SSSR count). The van der Waals surface area contributed by atoms with Gasteiger partial charge in [-0.1, -0.05) is 18.2 Å². The van der Waals surface area contributed by atoms with Crippen LogP contribution in [0.5, 0.6) is 5.75 Å². The van der Waals surface area contributed by atoms with Gasteiger partial charge in [-0.25, -0.2) is 0 Å². The molecule has 0 saturated carbocycles. The minimum atomic E-state index is -0.280. The average molecular weight is 455 g/mol. The van der Waals surface area contributed by atoms with E-state index in [1.807, 2.05) is 66.1 Å².